The molecule has 1 N–H and O–H groups in total. The van der Waals surface area contributed by atoms with E-state index in [4.69, 9.17) is 4.74 Å². The van der Waals surface area contributed by atoms with Gasteiger partial charge in [-0.05, 0) is 79.4 Å². The van der Waals surface area contributed by atoms with Gasteiger partial charge in [0.05, 0.1) is 0 Å². The molecule has 0 aliphatic heterocycles. The number of nitrogens with zero attached hydrogens (tertiary/aromatic N) is 1. The van der Waals surface area contributed by atoms with Crippen LogP contribution >= 0.6 is 0 Å². The van der Waals surface area contributed by atoms with E-state index >= 15 is 0 Å². The van der Waals surface area contributed by atoms with E-state index in [0.717, 1.165) is 78.0 Å². The minimum atomic E-state index is 0.667. The molecule has 0 unspecified atom stereocenters. The summed E-state index contributed by atoms with van der Waals surface area (Å²) in [4.78, 5) is 14.7. The summed E-state index contributed by atoms with van der Waals surface area (Å²) in [6, 6.07) is 14.4. The first-order chi connectivity index (χ1) is 16.0. The third-order valence-electron chi connectivity index (χ3n) is 6.11. The van der Waals surface area contributed by atoms with Crippen LogP contribution in [-0.4, -0.2) is 44.5 Å². The van der Waals surface area contributed by atoms with Crippen molar-refractivity contribution in [3.8, 4) is 5.75 Å². The van der Waals surface area contributed by atoms with Gasteiger partial charge in [-0.1, -0.05) is 52.0 Å². The minimum absolute atomic E-state index is 0.667. The van der Waals surface area contributed by atoms with E-state index in [-0.39, 0.29) is 0 Å². The zero-order valence-electron chi connectivity index (χ0n) is 21.2. The summed E-state index contributed by atoms with van der Waals surface area (Å²) in [5.41, 5.74) is 7.05. The zero-order chi connectivity index (χ0) is 24.2. The number of carbonyl (C=O) groups excluding carboxylic acids is 1. The van der Waals surface area contributed by atoms with Gasteiger partial charge in [0.25, 0.3) is 0 Å². The fourth-order valence-electron chi connectivity index (χ4n) is 4.09. The van der Waals surface area contributed by atoms with Crippen molar-refractivity contribution < 1.29 is 9.53 Å². The summed E-state index contributed by atoms with van der Waals surface area (Å²) < 4.78 is 5.94. The Hall–Kier alpha value is -2.85. The highest BCUT2D eigenvalue weighted by Crippen LogP contribution is 2.34. The lowest BCUT2D eigenvalue weighted by molar-refractivity contribution is -0.103. The van der Waals surface area contributed by atoms with Crippen molar-refractivity contribution in [1.29, 1.82) is 0 Å². The summed E-state index contributed by atoms with van der Waals surface area (Å²) in [6.45, 7) is 14.3. The van der Waals surface area contributed by atoms with Gasteiger partial charge in [0.1, 0.15) is 12.4 Å². The fraction of sp³-hybridized carbons (Fsp3) is 0.414. The Labute approximate surface area is 200 Å². The van der Waals surface area contributed by atoms with Crippen LogP contribution in [0.2, 0.25) is 0 Å². The number of rotatable bonds is 13. The van der Waals surface area contributed by atoms with Gasteiger partial charge in [0, 0.05) is 30.4 Å². The number of hydrogen-bond donors (Lipinski definition) is 1. The molecule has 0 atom stereocenters. The number of benzene rings is 2. The van der Waals surface area contributed by atoms with Gasteiger partial charge in [-0.15, -0.1) is 0 Å². The SMILES string of the molecule is CC/C=C(\C)c1ccc(NC)c(/C(C=O)=C(/CC)c2ccc(OCCN(CC)CC)cc2)c1. The topological polar surface area (TPSA) is 41.6 Å². The number of likely N-dealkylation sites (N-methyl/N-ethyl adjacent to an activating group) is 1. The lowest BCUT2D eigenvalue weighted by atomic mass is 9.90. The van der Waals surface area contributed by atoms with Gasteiger partial charge in [0.15, 0.2) is 6.29 Å². The fourth-order valence-corrected chi connectivity index (χ4v) is 4.09. The summed E-state index contributed by atoms with van der Waals surface area (Å²) >= 11 is 0. The predicted octanol–water partition coefficient (Wildman–Crippen LogP) is 6.78. The molecule has 4 nitrogen and oxygen atoms in total. The maximum absolute atomic E-state index is 12.4. The van der Waals surface area contributed by atoms with Crippen molar-refractivity contribution in [2.75, 3.05) is 38.6 Å². The Balaban J connectivity index is 2.39. The first-order valence-electron chi connectivity index (χ1n) is 12.2. The summed E-state index contributed by atoms with van der Waals surface area (Å²) in [7, 11) is 1.89. The van der Waals surface area contributed by atoms with Crippen LogP contribution < -0.4 is 10.1 Å². The number of carbonyl (C=O) groups is 1. The van der Waals surface area contributed by atoms with E-state index in [9.17, 15) is 4.79 Å². The van der Waals surface area contributed by atoms with Crippen LogP contribution in [0.3, 0.4) is 0 Å². The molecule has 4 heteroatoms. The highest BCUT2D eigenvalue weighted by Gasteiger charge is 2.15. The molecule has 0 spiro atoms. The second kappa shape index (κ2) is 13.6. The summed E-state index contributed by atoms with van der Waals surface area (Å²) in [6.07, 6.45) is 4.94. The van der Waals surface area contributed by atoms with Crippen LogP contribution in [-0.2, 0) is 4.79 Å². The number of ether oxygens (including phenoxy) is 1. The Morgan fingerprint density at radius 1 is 1.00 bits per heavy atom. The maximum Gasteiger partial charge on any atom is 0.151 e. The van der Waals surface area contributed by atoms with Crippen molar-refractivity contribution >= 4 is 28.7 Å². The Bertz CT molecular complexity index is 954. The summed E-state index contributed by atoms with van der Waals surface area (Å²) in [5.74, 6) is 0.854. The van der Waals surface area contributed by atoms with Crippen LogP contribution in [0.1, 0.15) is 64.2 Å². The van der Waals surface area contributed by atoms with Crippen LogP contribution in [0.25, 0.3) is 16.7 Å². The van der Waals surface area contributed by atoms with Gasteiger partial charge >= 0.3 is 0 Å². The number of hydrogen-bond acceptors (Lipinski definition) is 4. The average molecular weight is 449 g/mol. The standard InChI is InChI=1S/C29H40N2O2/c1-7-11-22(5)24-14-17-29(30-6)27(20-24)28(21-32)26(8-2)23-12-15-25(16-13-23)33-19-18-31(9-3)10-4/h11-17,20-21,30H,7-10,18-19H2,1-6H3/b22-11+,28-26-. The number of nitrogens with one attached hydrogen (secondary N) is 1. The van der Waals surface area contributed by atoms with Crippen molar-refractivity contribution in [2.45, 2.75) is 47.5 Å². The molecule has 0 amide bonds. The quantitative estimate of drug-likeness (QED) is 0.208. The normalized spacial score (nSPS) is 12.5. The molecular formula is C29H40N2O2. The molecule has 0 bridgehead atoms. The number of anilines is 1. The molecule has 178 valence electrons. The number of aldehydes is 1. The van der Waals surface area contributed by atoms with E-state index in [1.807, 2.05) is 19.2 Å². The molecule has 0 aromatic heterocycles. The molecule has 2 aromatic carbocycles. The predicted molar refractivity (Wildman–Crippen MR) is 143 cm³/mol. The molecule has 0 fully saturated rings. The highest BCUT2D eigenvalue weighted by atomic mass is 16.5. The monoisotopic (exact) mass is 448 g/mol. The van der Waals surface area contributed by atoms with E-state index < -0.39 is 0 Å². The van der Waals surface area contributed by atoms with E-state index in [2.05, 4.69) is 81.2 Å². The van der Waals surface area contributed by atoms with Crippen LogP contribution in [0.4, 0.5) is 5.69 Å². The van der Waals surface area contributed by atoms with E-state index in [0.29, 0.717) is 6.61 Å². The third-order valence-corrected chi connectivity index (χ3v) is 6.11. The summed E-state index contributed by atoms with van der Waals surface area (Å²) in [5, 5.41) is 3.25. The lowest BCUT2D eigenvalue weighted by Crippen LogP contribution is -2.27. The van der Waals surface area contributed by atoms with Gasteiger partial charge in [-0.2, -0.15) is 0 Å². The molecular weight excluding hydrogens is 408 g/mol. The zero-order valence-corrected chi connectivity index (χ0v) is 21.2. The number of allylic oxidation sites excluding steroid dienone is 4. The third kappa shape index (κ3) is 7.06. The largest absolute Gasteiger partial charge is 0.492 e. The molecule has 0 radical (unpaired) electrons. The lowest BCUT2D eigenvalue weighted by Gasteiger charge is -2.18. The molecule has 2 rings (SSSR count). The second-order valence-electron chi connectivity index (χ2n) is 8.07. The Morgan fingerprint density at radius 3 is 2.21 bits per heavy atom. The van der Waals surface area contributed by atoms with Gasteiger partial charge in [-0.3, -0.25) is 4.79 Å². The molecule has 33 heavy (non-hydrogen) atoms. The smallest absolute Gasteiger partial charge is 0.151 e. The van der Waals surface area contributed by atoms with Crippen LogP contribution in [0, 0.1) is 0 Å². The van der Waals surface area contributed by atoms with Crippen molar-refractivity contribution in [1.82, 2.24) is 4.90 Å². The van der Waals surface area contributed by atoms with Crippen LogP contribution in [0.15, 0.2) is 48.5 Å². The second-order valence-corrected chi connectivity index (χ2v) is 8.07. The van der Waals surface area contributed by atoms with Gasteiger partial charge < -0.3 is 15.0 Å². The van der Waals surface area contributed by atoms with Crippen molar-refractivity contribution in [3.63, 3.8) is 0 Å². The van der Waals surface area contributed by atoms with Crippen LogP contribution in [0.5, 0.6) is 5.75 Å². The van der Waals surface area contributed by atoms with Gasteiger partial charge in [-0.25, -0.2) is 0 Å². The molecule has 2 aromatic rings. The minimum Gasteiger partial charge on any atom is -0.492 e. The molecule has 0 saturated carbocycles. The first-order valence-corrected chi connectivity index (χ1v) is 12.2. The molecule has 0 heterocycles. The molecule has 0 aliphatic rings. The Kier molecular flexibility index (Phi) is 10.9. The Morgan fingerprint density at radius 2 is 1.67 bits per heavy atom. The van der Waals surface area contributed by atoms with Gasteiger partial charge in [0.2, 0.25) is 0 Å². The molecule has 0 aliphatic carbocycles. The van der Waals surface area contributed by atoms with E-state index in [1.165, 1.54) is 5.57 Å². The van der Waals surface area contributed by atoms with Crippen molar-refractivity contribution in [3.05, 3.63) is 65.2 Å². The van der Waals surface area contributed by atoms with E-state index in [1.54, 1.807) is 0 Å². The first kappa shape index (κ1) is 26.4. The average Bonchev–Trinajstić information content (AvgIpc) is 2.85. The maximum atomic E-state index is 12.4. The highest BCUT2D eigenvalue weighted by molar-refractivity contribution is 6.19. The van der Waals surface area contributed by atoms with Crippen molar-refractivity contribution in [2.24, 2.45) is 0 Å². The molecule has 0 saturated heterocycles.